The quantitative estimate of drug-likeness (QED) is 0.888. The molecular formula is C17H28N2S. The summed E-state index contributed by atoms with van der Waals surface area (Å²) in [6.07, 6.45) is 10.7. The minimum absolute atomic E-state index is 0.0869. The highest BCUT2D eigenvalue weighted by atomic mass is 32.1. The molecule has 3 heteroatoms. The van der Waals surface area contributed by atoms with E-state index in [0.717, 1.165) is 5.92 Å². The van der Waals surface area contributed by atoms with E-state index in [1.165, 1.54) is 62.1 Å². The summed E-state index contributed by atoms with van der Waals surface area (Å²) in [6, 6.07) is 0.515. The lowest BCUT2D eigenvalue weighted by Gasteiger charge is -2.40. The van der Waals surface area contributed by atoms with Gasteiger partial charge in [0, 0.05) is 10.9 Å². The summed E-state index contributed by atoms with van der Waals surface area (Å²) in [6.45, 7) is 6.95. The van der Waals surface area contributed by atoms with Crippen molar-refractivity contribution < 1.29 is 0 Å². The first kappa shape index (κ1) is 14.5. The van der Waals surface area contributed by atoms with Gasteiger partial charge in [-0.2, -0.15) is 0 Å². The molecule has 112 valence electrons. The highest BCUT2D eigenvalue weighted by Crippen LogP contribution is 2.42. The molecule has 0 aliphatic heterocycles. The van der Waals surface area contributed by atoms with Gasteiger partial charge in [-0.25, -0.2) is 4.98 Å². The first-order valence-corrected chi connectivity index (χ1v) is 9.18. The van der Waals surface area contributed by atoms with E-state index < -0.39 is 0 Å². The first-order chi connectivity index (χ1) is 9.59. The minimum Gasteiger partial charge on any atom is -0.303 e. The van der Waals surface area contributed by atoms with Crippen molar-refractivity contribution in [1.82, 2.24) is 10.3 Å². The summed E-state index contributed by atoms with van der Waals surface area (Å²) in [5, 5.41) is 5.24. The molecule has 1 aromatic rings. The van der Waals surface area contributed by atoms with Crippen LogP contribution >= 0.6 is 11.3 Å². The molecule has 3 rings (SSSR count). The van der Waals surface area contributed by atoms with Crippen molar-refractivity contribution >= 4 is 11.3 Å². The molecule has 0 spiro atoms. The topological polar surface area (TPSA) is 24.9 Å². The van der Waals surface area contributed by atoms with E-state index in [9.17, 15) is 0 Å². The van der Waals surface area contributed by atoms with Gasteiger partial charge >= 0.3 is 0 Å². The van der Waals surface area contributed by atoms with Crippen molar-refractivity contribution in [1.29, 1.82) is 0 Å². The summed E-state index contributed by atoms with van der Waals surface area (Å²) in [7, 11) is 0. The largest absolute Gasteiger partial charge is 0.303 e. The van der Waals surface area contributed by atoms with Crippen LogP contribution in [0.15, 0.2) is 0 Å². The third-order valence-corrected chi connectivity index (χ3v) is 6.44. The van der Waals surface area contributed by atoms with Crippen LogP contribution in [0.1, 0.15) is 74.9 Å². The Morgan fingerprint density at radius 3 is 2.55 bits per heavy atom. The van der Waals surface area contributed by atoms with E-state index in [2.05, 4.69) is 26.1 Å². The van der Waals surface area contributed by atoms with Crippen LogP contribution in [0.2, 0.25) is 0 Å². The van der Waals surface area contributed by atoms with Crippen LogP contribution in [0.25, 0.3) is 0 Å². The van der Waals surface area contributed by atoms with E-state index >= 15 is 0 Å². The number of aryl methyl sites for hydroxylation is 2. The Morgan fingerprint density at radius 2 is 1.90 bits per heavy atom. The van der Waals surface area contributed by atoms with Crippen LogP contribution in [0.5, 0.6) is 0 Å². The Morgan fingerprint density at radius 1 is 1.15 bits per heavy atom. The van der Waals surface area contributed by atoms with Crippen molar-refractivity contribution in [3.05, 3.63) is 15.6 Å². The van der Waals surface area contributed by atoms with Crippen LogP contribution in [0.4, 0.5) is 0 Å². The molecule has 1 unspecified atom stereocenters. The minimum atomic E-state index is 0.0869. The van der Waals surface area contributed by atoms with Gasteiger partial charge in [-0.3, -0.25) is 0 Å². The average Bonchev–Trinajstić information content (AvgIpc) is 2.99. The second-order valence-electron chi connectivity index (χ2n) is 7.08. The predicted octanol–water partition coefficient (Wildman–Crippen LogP) is 4.43. The fourth-order valence-corrected chi connectivity index (χ4v) is 5.39. The fourth-order valence-electron chi connectivity index (χ4n) is 4.05. The van der Waals surface area contributed by atoms with Gasteiger partial charge in [0.05, 0.1) is 11.2 Å². The lowest BCUT2D eigenvalue weighted by molar-refractivity contribution is 0.165. The van der Waals surface area contributed by atoms with E-state index in [1.807, 2.05) is 11.3 Å². The van der Waals surface area contributed by atoms with Crippen LogP contribution in [-0.2, 0) is 18.4 Å². The molecule has 0 amide bonds. The maximum atomic E-state index is 5.05. The van der Waals surface area contributed by atoms with Gasteiger partial charge in [0.2, 0.25) is 0 Å². The molecule has 2 nitrogen and oxygen atoms in total. The van der Waals surface area contributed by atoms with Gasteiger partial charge in [-0.05, 0) is 58.8 Å². The van der Waals surface area contributed by atoms with E-state index in [1.54, 1.807) is 4.88 Å². The van der Waals surface area contributed by atoms with E-state index in [4.69, 9.17) is 4.98 Å². The smallest absolute Gasteiger partial charge is 0.113 e. The van der Waals surface area contributed by atoms with Gasteiger partial charge in [-0.15, -0.1) is 11.3 Å². The van der Waals surface area contributed by atoms with Crippen molar-refractivity contribution in [2.24, 2.45) is 5.92 Å². The van der Waals surface area contributed by atoms with Crippen LogP contribution in [-0.4, -0.2) is 11.0 Å². The molecule has 0 saturated heterocycles. The molecule has 1 fully saturated rings. The molecule has 1 heterocycles. The Kier molecular flexibility index (Phi) is 4.19. The zero-order valence-corrected chi connectivity index (χ0v) is 14.0. The number of fused-ring (bicyclic) bond motifs is 1. The third-order valence-electron chi connectivity index (χ3n) is 5.05. The molecular weight excluding hydrogens is 264 g/mol. The van der Waals surface area contributed by atoms with Gasteiger partial charge < -0.3 is 5.32 Å². The highest BCUT2D eigenvalue weighted by molar-refractivity contribution is 7.12. The van der Waals surface area contributed by atoms with Crippen molar-refractivity contribution in [2.75, 3.05) is 0 Å². The monoisotopic (exact) mass is 292 g/mol. The summed E-state index contributed by atoms with van der Waals surface area (Å²) < 4.78 is 0. The SMILES string of the molecule is CC(C)NC(C)(c1nc2c(s1)CCC2)C1CCCCC1. The third kappa shape index (κ3) is 2.67. The molecule has 2 aliphatic rings. The Bertz CT molecular complexity index is 438. The first-order valence-electron chi connectivity index (χ1n) is 8.36. The van der Waals surface area contributed by atoms with Crippen molar-refractivity contribution in [3.63, 3.8) is 0 Å². The standard InChI is InChI=1S/C17H28N2S/c1-12(2)19-17(3,13-8-5-4-6-9-13)16-18-14-10-7-11-15(14)20-16/h12-13,19H,4-11H2,1-3H3. The summed E-state index contributed by atoms with van der Waals surface area (Å²) in [4.78, 5) is 6.61. The van der Waals surface area contributed by atoms with Gasteiger partial charge in [0.1, 0.15) is 5.01 Å². The Labute approximate surface area is 127 Å². The second kappa shape index (κ2) is 5.76. The van der Waals surface area contributed by atoms with Gasteiger partial charge in [0.15, 0.2) is 0 Å². The highest BCUT2D eigenvalue weighted by Gasteiger charge is 2.40. The molecule has 1 atom stereocenters. The zero-order chi connectivity index (χ0) is 14.2. The van der Waals surface area contributed by atoms with Crippen molar-refractivity contribution in [2.45, 2.75) is 83.7 Å². The van der Waals surface area contributed by atoms with Crippen LogP contribution in [0.3, 0.4) is 0 Å². The molecule has 0 aromatic carbocycles. The zero-order valence-electron chi connectivity index (χ0n) is 13.2. The maximum absolute atomic E-state index is 5.05. The molecule has 1 N–H and O–H groups in total. The van der Waals surface area contributed by atoms with Gasteiger partial charge in [-0.1, -0.05) is 19.3 Å². The van der Waals surface area contributed by atoms with E-state index in [-0.39, 0.29) is 5.54 Å². The number of aromatic nitrogens is 1. The number of hydrogen-bond acceptors (Lipinski definition) is 3. The fraction of sp³-hybridized carbons (Fsp3) is 0.824. The number of nitrogens with zero attached hydrogens (tertiary/aromatic N) is 1. The van der Waals surface area contributed by atoms with Gasteiger partial charge in [0.25, 0.3) is 0 Å². The number of thiazole rings is 1. The maximum Gasteiger partial charge on any atom is 0.113 e. The number of rotatable bonds is 4. The molecule has 0 radical (unpaired) electrons. The summed E-state index contributed by atoms with van der Waals surface area (Å²) >= 11 is 1.99. The molecule has 2 aliphatic carbocycles. The summed E-state index contributed by atoms with van der Waals surface area (Å²) in [5.41, 5.74) is 1.49. The lowest BCUT2D eigenvalue weighted by atomic mass is 9.75. The van der Waals surface area contributed by atoms with Crippen molar-refractivity contribution in [3.8, 4) is 0 Å². The molecule has 1 saturated carbocycles. The Hall–Kier alpha value is -0.410. The van der Waals surface area contributed by atoms with E-state index in [0.29, 0.717) is 6.04 Å². The predicted molar refractivity (Wildman–Crippen MR) is 86.3 cm³/mol. The summed E-state index contributed by atoms with van der Waals surface area (Å²) in [5.74, 6) is 0.755. The second-order valence-corrected chi connectivity index (χ2v) is 8.16. The molecule has 20 heavy (non-hydrogen) atoms. The normalized spacial score (nSPS) is 23.0. The molecule has 0 bridgehead atoms. The lowest BCUT2D eigenvalue weighted by Crippen LogP contribution is -2.49. The number of nitrogens with one attached hydrogen (secondary N) is 1. The Balaban J connectivity index is 1.90. The molecule has 1 aromatic heterocycles. The average molecular weight is 292 g/mol. The number of hydrogen-bond donors (Lipinski definition) is 1. The van der Waals surface area contributed by atoms with Crippen LogP contribution < -0.4 is 5.32 Å². The van der Waals surface area contributed by atoms with Crippen LogP contribution in [0, 0.1) is 5.92 Å².